The molecule has 0 heterocycles. The van der Waals surface area contributed by atoms with Gasteiger partial charge in [-0.1, -0.05) is 29.8 Å². The molecule has 0 unspecified atom stereocenters. The monoisotopic (exact) mass is 414 g/mol. The van der Waals surface area contributed by atoms with Crippen molar-refractivity contribution in [1.29, 1.82) is 0 Å². The smallest absolute Gasteiger partial charge is 0.405 e. The van der Waals surface area contributed by atoms with E-state index < -0.39 is 18.6 Å². The summed E-state index contributed by atoms with van der Waals surface area (Å²) >= 11 is 6.04. The van der Waals surface area contributed by atoms with Crippen molar-refractivity contribution in [2.24, 2.45) is 0 Å². The van der Waals surface area contributed by atoms with Gasteiger partial charge in [-0.2, -0.15) is 13.2 Å². The molecule has 0 spiro atoms. The van der Waals surface area contributed by atoms with Crippen LogP contribution in [-0.2, 0) is 11.2 Å². The van der Waals surface area contributed by atoms with E-state index in [1.807, 2.05) is 0 Å². The summed E-state index contributed by atoms with van der Waals surface area (Å²) in [5.74, 6) is -0.785. The van der Waals surface area contributed by atoms with E-state index in [4.69, 9.17) is 16.3 Å². The molecule has 2 aromatic carbocycles. The number of benzene rings is 2. The molecule has 2 rings (SSSR count). The van der Waals surface area contributed by atoms with Gasteiger partial charge in [0.2, 0.25) is 5.91 Å². The summed E-state index contributed by atoms with van der Waals surface area (Å²) in [7, 11) is 1.50. The molecule has 0 aliphatic rings. The minimum atomic E-state index is -4.52. The minimum Gasteiger partial charge on any atom is -0.495 e. The molecule has 0 saturated carbocycles. The third-order valence-corrected chi connectivity index (χ3v) is 4.05. The Kier molecular flexibility index (Phi) is 7.28. The van der Waals surface area contributed by atoms with Crippen LogP contribution in [0.1, 0.15) is 22.3 Å². The average Bonchev–Trinajstić information content (AvgIpc) is 2.64. The first-order valence-electron chi connectivity index (χ1n) is 8.26. The normalized spacial score (nSPS) is 11.0. The lowest BCUT2D eigenvalue weighted by molar-refractivity contribution is -0.123. The Labute approximate surface area is 164 Å². The number of anilines is 1. The summed E-state index contributed by atoms with van der Waals surface area (Å²) in [6.07, 6.45) is -4.04. The molecule has 2 aromatic rings. The van der Waals surface area contributed by atoms with Crippen molar-refractivity contribution in [3.8, 4) is 5.75 Å². The quantitative estimate of drug-likeness (QED) is 0.713. The molecule has 0 saturated heterocycles. The topological polar surface area (TPSA) is 67.4 Å². The number of aryl methyl sites for hydroxylation is 1. The van der Waals surface area contributed by atoms with Crippen LogP contribution in [0.2, 0.25) is 5.02 Å². The van der Waals surface area contributed by atoms with E-state index in [9.17, 15) is 22.8 Å². The number of carbonyl (C=O) groups is 2. The molecule has 28 heavy (non-hydrogen) atoms. The standard InChI is InChI=1S/C19H18ClF3N2O3/c1-28-16-8-6-12(10-14(16)20)7-9-17(26)25-15-5-3-2-4-13(15)18(27)24-11-19(21,22)23/h2-6,8,10H,7,9,11H2,1H3,(H,24,27)(H,25,26). The Bertz CT molecular complexity index is 857. The van der Waals surface area contributed by atoms with Crippen LogP contribution in [0.25, 0.3) is 0 Å². The van der Waals surface area contributed by atoms with E-state index in [1.165, 1.54) is 25.3 Å². The second kappa shape index (κ2) is 9.45. The fourth-order valence-electron chi connectivity index (χ4n) is 2.40. The molecular weight excluding hydrogens is 397 g/mol. The summed E-state index contributed by atoms with van der Waals surface area (Å²) in [6.45, 7) is -1.45. The molecular formula is C19H18ClF3N2O3. The van der Waals surface area contributed by atoms with Crippen LogP contribution in [0.5, 0.6) is 5.75 Å². The van der Waals surface area contributed by atoms with Gasteiger partial charge in [-0.15, -0.1) is 0 Å². The first-order chi connectivity index (χ1) is 13.2. The van der Waals surface area contributed by atoms with E-state index in [0.29, 0.717) is 17.2 Å². The number of nitrogens with one attached hydrogen (secondary N) is 2. The number of hydrogen-bond acceptors (Lipinski definition) is 3. The Morgan fingerprint density at radius 3 is 2.50 bits per heavy atom. The van der Waals surface area contributed by atoms with Crippen molar-refractivity contribution in [2.75, 3.05) is 19.0 Å². The van der Waals surface area contributed by atoms with Gasteiger partial charge in [0.1, 0.15) is 12.3 Å². The zero-order valence-electron chi connectivity index (χ0n) is 14.9. The van der Waals surface area contributed by atoms with Crippen LogP contribution < -0.4 is 15.4 Å². The summed E-state index contributed by atoms with van der Waals surface area (Å²) in [5.41, 5.74) is 0.907. The number of para-hydroxylation sites is 1. The number of rotatable bonds is 7. The van der Waals surface area contributed by atoms with Gasteiger partial charge in [0.15, 0.2) is 0 Å². The number of alkyl halides is 3. The molecule has 0 aliphatic carbocycles. The maximum Gasteiger partial charge on any atom is 0.405 e. The molecule has 5 nitrogen and oxygen atoms in total. The average molecular weight is 415 g/mol. The minimum absolute atomic E-state index is 0.0485. The van der Waals surface area contributed by atoms with Gasteiger partial charge in [0.05, 0.1) is 23.4 Å². The largest absolute Gasteiger partial charge is 0.495 e. The molecule has 9 heteroatoms. The van der Waals surface area contributed by atoms with Crippen LogP contribution in [0.4, 0.5) is 18.9 Å². The van der Waals surface area contributed by atoms with E-state index in [2.05, 4.69) is 5.32 Å². The van der Waals surface area contributed by atoms with Gasteiger partial charge >= 0.3 is 6.18 Å². The van der Waals surface area contributed by atoms with E-state index in [0.717, 1.165) is 5.56 Å². The van der Waals surface area contributed by atoms with Crippen molar-refractivity contribution in [3.63, 3.8) is 0 Å². The highest BCUT2D eigenvalue weighted by atomic mass is 35.5. The van der Waals surface area contributed by atoms with Crippen LogP contribution in [-0.4, -0.2) is 31.6 Å². The molecule has 0 atom stereocenters. The van der Waals surface area contributed by atoms with Gasteiger partial charge < -0.3 is 15.4 Å². The Hall–Kier alpha value is -2.74. The maximum absolute atomic E-state index is 12.3. The van der Waals surface area contributed by atoms with Crippen LogP contribution in [0.15, 0.2) is 42.5 Å². The predicted molar refractivity (Wildman–Crippen MR) is 99.8 cm³/mol. The predicted octanol–water partition coefficient (Wildman–Crippen LogP) is 4.21. The lowest BCUT2D eigenvalue weighted by Gasteiger charge is -2.12. The number of hydrogen-bond donors (Lipinski definition) is 2. The second-order valence-electron chi connectivity index (χ2n) is 5.86. The number of methoxy groups -OCH3 is 1. The zero-order valence-corrected chi connectivity index (χ0v) is 15.7. The highest BCUT2D eigenvalue weighted by Gasteiger charge is 2.28. The summed E-state index contributed by atoms with van der Waals surface area (Å²) in [6, 6.07) is 11.0. The number of amides is 2. The molecule has 0 radical (unpaired) electrons. The van der Waals surface area contributed by atoms with Gasteiger partial charge in [0.25, 0.3) is 5.91 Å². The number of halogens is 4. The zero-order chi connectivity index (χ0) is 20.7. The van der Waals surface area contributed by atoms with Crippen LogP contribution in [0.3, 0.4) is 0 Å². The molecule has 2 amide bonds. The lowest BCUT2D eigenvalue weighted by atomic mass is 10.1. The third-order valence-electron chi connectivity index (χ3n) is 3.75. The van der Waals surface area contributed by atoms with Crippen molar-refractivity contribution in [1.82, 2.24) is 5.32 Å². The van der Waals surface area contributed by atoms with Crippen LogP contribution >= 0.6 is 11.6 Å². The number of ether oxygens (including phenoxy) is 1. The molecule has 2 N–H and O–H groups in total. The van der Waals surface area contributed by atoms with Gasteiger partial charge in [-0.25, -0.2) is 0 Å². The lowest BCUT2D eigenvalue weighted by Crippen LogP contribution is -2.34. The molecule has 0 aromatic heterocycles. The second-order valence-corrected chi connectivity index (χ2v) is 6.27. The van der Waals surface area contributed by atoms with Gasteiger partial charge in [-0.05, 0) is 36.2 Å². The summed E-state index contributed by atoms with van der Waals surface area (Å²) in [4.78, 5) is 24.2. The van der Waals surface area contributed by atoms with Crippen molar-refractivity contribution >= 4 is 29.1 Å². The summed E-state index contributed by atoms with van der Waals surface area (Å²) < 4.78 is 41.9. The fourth-order valence-corrected chi connectivity index (χ4v) is 2.68. The Balaban J connectivity index is 1.98. The molecule has 150 valence electrons. The van der Waals surface area contributed by atoms with Crippen molar-refractivity contribution < 1.29 is 27.5 Å². The maximum atomic E-state index is 12.3. The highest BCUT2D eigenvalue weighted by Crippen LogP contribution is 2.25. The molecule has 0 aliphatic heterocycles. The SMILES string of the molecule is COc1ccc(CCC(=O)Nc2ccccc2C(=O)NCC(F)(F)F)cc1Cl. The van der Waals surface area contributed by atoms with E-state index >= 15 is 0 Å². The first kappa shape index (κ1) is 21.6. The van der Waals surface area contributed by atoms with Crippen LogP contribution in [0, 0.1) is 0 Å². The first-order valence-corrected chi connectivity index (χ1v) is 8.63. The highest BCUT2D eigenvalue weighted by molar-refractivity contribution is 6.32. The van der Waals surface area contributed by atoms with E-state index in [1.54, 1.807) is 29.6 Å². The molecule has 0 bridgehead atoms. The number of carbonyl (C=O) groups excluding carboxylic acids is 2. The third kappa shape index (κ3) is 6.45. The van der Waals surface area contributed by atoms with Gasteiger partial charge in [-0.3, -0.25) is 9.59 Å². The fraction of sp³-hybridized carbons (Fsp3) is 0.263. The van der Waals surface area contributed by atoms with Gasteiger partial charge in [0, 0.05) is 6.42 Å². The van der Waals surface area contributed by atoms with E-state index in [-0.39, 0.29) is 23.6 Å². The van der Waals surface area contributed by atoms with Crippen molar-refractivity contribution in [3.05, 3.63) is 58.6 Å². The molecule has 0 fully saturated rings. The summed E-state index contributed by atoms with van der Waals surface area (Å²) in [5, 5.41) is 4.77. The Morgan fingerprint density at radius 2 is 1.86 bits per heavy atom. The van der Waals surface area contributed by atoms with Crippen molar-refractivity contribution in [2.45, 2.75) is 19.0 Å². The Morgan fingerprint density at radius 1 is 1.14 bits per heavy atom.